The first-order valence-corrected chi connectivity index (χ1v) is 7.40. The Bertz CT molecular complexity index is 437. The van der Waals surface area contributed by atoms with Crippen LogP contribution in [0.1, 0.15) is 12.0 Å². The highest BCUT2D eigenvalue weighted by molar-refractivity contribution is 7.98. The highest BCUT2D eigenvalue weighted by Crippen LogP contribution is 2.14. The molecule has 1 N–H and O–H groups in total. The monoisotopic (exact) mass is 261 g/mol. The minimum absolute atomic E-state index is 0.943. The first-order chi connectivity index (χ1) is 8.88. The van der Waals surface area contributed by atoms with E-state index in [0.717, 1.165) is 26.1 Å². The van der Waals surface area contributed by atoms with Gasteiger partial charge in [-0.05, 0) is 36.9 Å². The number of nitrogens with zero attached hydrogens (tertiary/aromatic N) is 2. The second kappa shape index (κ2) is 7.24. The lowest BCUT2D eigenvalue weighted by molar-refractivity contribution is 0.580. The number of imidazole rings is 1. The second-order valence-corrected chi connectivity index (χ2v) is 5.06. The van der Waals surface area contributed by atoms with Crippen molar-refractivity contribution in [3.63, 3.8) is 0 Å². The summed E-state index contributed by atoms with van der Waals surface area (Å²) in [5.74, 6) is 0. The third kappa shape index (κ3) is 4.20. The van der Waals surface area contributed by atoms with Crippen LogP contribution in [0.4, 0.5) is 0 Å². The molecule has 0 bridgehead atoms. The van der Waals surface area contributed by atoms with Crippen molar-refractivity contribution in [1.82, 2.24) is 14.9 Å². The number of nitrogens with one attached hydrogen (secondary N) is 1. The minimum atomic E-state index is 0.943. The van der Waals surface area contributed by atoms with Crippen molar-refractivity contribution < 1.29 is 0 Å². The first kappa shape index (κ1) is 13.2. The van der Waals surface area contributed by atoms with Gasteiger partial charge in [0.25, 0.3) is 0 Å². The summed E-state index contributed by atoms with van der Waals surface area (Å²) in [5, 5.41) is 3.46. The smallest absolute Gasteiger partial charge is 0.0945 e. The molecule has 0 unspecified atom stereocenters. The van der Waals surface area contributed by atoms with Gasteiger partial charge in [-0.3, -0.25) is 0 Å². The van der Waals surface area contributed by atoms with Crippen LogP contribution in [0.25, 0.3) is 0 Å². The Hall–Kier alpha value is -1.26. The average molecular weight is 261 g/mol. The molecule has 18 heavy (non-hydrogen) atoms. The molecule has 4 heteroatoms. The van der Waals surface area contributed by atoms with Gasteiger partial charge < -0.3 is 9.88 Å². The lowest BCUT2D eigenvalue weighted by Crippen LogP contribution is -2.16. The number of hydrogen-bond donors (Lipinski definition) is 1. The van der Waals surface area contributed by atoms with Crippen molar-refractivity contribution in [3.8, 4) is 0 Å². The first-order valence-electron chi connectivity index (χ1n) is 6.18. The van der Waals surface area contributed by atoms with Gasteiger partial charge in [-0.2, -0.15) is 0 Å². The van der Waals surface area contributed by atoms with Crippen LogP contribution >= 0.6 is 11.8 Å². The molecule has 0 aliphatic heterocycles. The van der Waals surface area contributed by atoms with E-state index in [1.807, 2.05) is 18.7 Å². The van der Waals surface area contributed by atoms with Crippen molar-refractivity contribution in [1.29, 1.82) is 0 Å². The molecule has 2 rings (SSSR count). The van der Waals surface area contributed by atoms with Gasteiger partial charge in [0.15, 0.2) is 0 Å². The van der Waals surface area contributed by atoms with E-state index in [0.29, 0.717) is 0 Å². The Morgan fingerprint density at radius 3 is 2.78 bits per heavy atom. The van der Waals surface area contributed by atoms with Crippen LogP contribution < -0.4 is 5.32 Å². The van der Waals surface area contributed by atoms with E-state index in [-0.39, 0.29) is 0 Å². The maximum atomic E-state index is 4.03. The topological polar surface area (TPSA) is 29.9 Å². The lowest BCUT2D eigenvalue weighted by atomic mass is 10.2. The number of aryl methyl sites for hydroxylation is 1. The molecule has 1 aromatic carbocycles. The number of aromatic nitrogens is 2. The summed E-state index contributed by atoms with van der Waals surface area (Å²) in [6.45, 7) is 3.00. The normalized spacial score (nSPS) is 10.7. The molecule has 0 radical (unpaired) electrons. The lowest BCUT2D eigenvalue weighted by Gasteiger charge is -2.06. The summed E-state index contributed by atoms with van der Waals surface area (Å²) in [6, 6.07) is 8.73. The van der Waals surface area contributed by atoms with Gasteiger partial charge in [-0.15, -0.1) is 11.8 Å². The van der Waals surface area contributed by atoms with E-state index >= 15 is 0 Å². The van der Waals surface area contributed by atoms with Gasteiger partial charge in [-0.25, -0.2) is 4.98 Å². The Labute approximate surface area is 113 Å². The van der Waals surface area contributed by atoms with Gasteiger partial charge in [0, 0.05) is 30.4 Å². The maximum absolute atomic E-state index is 4.03. The Morgan fingerprint density at radius 1 is 1.28 bits per heavy atom. The fourth-order valence-electron chi connectivity index (χ4n) is 1.78. The number of rotatable bonds is 7. The number of benzene rings is 1. The van der Waals surface area contributed by atoms with Gasteiger partial charge >= 0.3 is 0 Å². The molecule has 2 aromatic rings. The zero-order valence-electron chi connectivity index (χ0n) is 10.7. The molecule has 0 aliphatic rings. The predicted octanol–water partition coefficient (Wildman–Crippen LogP) is 2.78. The maximum Gasteiger partial charge on any atom is 0.0945 e. The summed E-state index contributed by atoms with van der Waals surface area (Å²) in [4.78, 5) is 5.34. The van der Waals surface area contributed by atoms with Crippen molar-refractivity contribution >= 4 is 11.8 Å². The van der Waals surface area contributed by atoms with Crippen molar-refractivity contribution in [2.75, 3.05) is 12.8 Å². The molecule has 0 atom stereocenters. The molecule has 0 amide bonds. The van der Waals surface area contributed by atoms with Gasteiger partial charge in [0.2, 0.25) is 0 Å². The molecule has 0 fully saturated rings. The fraction of sp³-hybridized carbons (Fsp3) is 0.357. The molecule has 0 saturated carbocycles. The van der Waals surface area contributed by atoms with Gasteiger partial charge in [0.05, 0.1) is 6.33 Å². The van der Waals surface area contributed by atoms with E-state index in [1.54, 1.807) is 11.8 Å². The van der Waals surface area contributed by atoms with Crippen molar-refractivity contribution in [3.05, 3.63) is 48.5 Å². The van der Waals surface area contributed by atoms with Crippen LogP contribution in [-0.2, 0) is 13.1 Å². The second-order valence-electron chi connectivity index (χ2n) is 4.18. The quantitative estimate of drug-likeness (QED) is 0.614. The predicted molar refractivity (Wildman–Crippen MR) is 76.8 cm³/mol. The molecular weight excluding hydrogens is 242 g/mol. The molecule has 0 aliphatic carbocycles. The van der Waals surface area contributed by atoms with Crippen LogP contribution in [0.2, 0.25) is 0 Å². The van der Waals surface area contributed by atoms with Crippen LogP contribution in [0.5, 0.6) is 0 Å². The molecule has 1 heterocycles. The van der Waals surface area contributed by atoms with Crippen LogP contribution in [0.15, 0.2) is 47.9 Å². The Morgan fingerprint density at radius 2 is 2.11 bits per heavy atom. The molecule has 0 spiro atoms. The third-order valence-electron chi connectivity index (χ3n) is 2.82. The average Bonchev–Trinajstić information content (AvgIpc) is 2.92. The molecule has 3 nitrogen and oxygen atoms in total. The number of hydrogen-bond acceptors (Lipinski definition) is 3. The van der Waals surface area contributed by atoms with Gasteiger partial charge in [-0.1, -0.05) is 12.1 Å². The van der Waals surface area contributed by atoms with E-state index < -0.39 is 0 Å². The molecule has 0 saturated heterocycles. The summed E-state index contributed by atoms with van der Waals surface area (Å²) >= 11 is 1.78. The summed E-state index contributed by atoms with van der Waals surface area (Å²) in [6.07, 6.45) is 8.91. The van der Waals surface area contributed by atoms with Crippen molar-refractivity contribution in [2.24, 2.45) is 0 Å². The Kier molecular flexibility index (Phi) is 5.30. The molecular formula is C14H19N3S. The zero-order valence-corrected chi connectivity index (χ0v) is 11.5. The molecule has 1 aromatic heterocycles. The summed E-state index contributed by atoms with van der Waals surface area (Å²) in [5.41, 5.74) is 1.34. The van der Waals surface area contributed by atoms with E-state index in [1.165, 1.54) is 10.5 Å². The summed E-state index contributed by atoms with van der Waals surface area (Å²) < 4.78 is 2.11. The summed E-state index contributed by atoms with van der Waals surface area (Å²) in [7, 11) is 0. The van der Waals surface area contributed by atoms with Crippen LogP contribution in [0.3, 0.4) is 0 Å². The fourth-order valence-corrected chi connectivity index (χ4v) is 2.19. The SMILES string of the molecule is CSc1ccc(CNCCCn2ccnc2)cc1. The van der Waals surface area contributed by atoms with E-state index in [2.05, 4.69) is 45.4 Å². The Balaban J connectivity index is 1.62. The largest absolute Gasteiger partial charge is 0.337 e. The number of thioether (sulfide) groups is 1. The van der Waals surface area contributed by atoms with E-state index in [4.69, 9.17) is 0 Å². The molecule has 96 valence electrons. The highest BCUT2D eigenvalue weighted by atomic mass is 32.2. The van der Waals surface area contributed by atoms with Gasteiger partial charge in [0.1, 0.15) is 0 Å². The standard InChI is InChI=1S/C14H19N3S/c1-18-14-5-3-13(4-6-14)11-15-7-2-9-17-10-8-16-12-17/h3-6,8,10,12,15H,2,7,9,11H2,1H3. The zero-order chi connectivity index (χ0) is 12.6. The van der Waals surface area contributed by atoms with Crippen molar-refractivity contribution in [2.45, 2.75) is 24.4 Å². The van der Waals surface area contributed by atoms with Crippen LogP contribution in [0, 0.1) is 0 Å². The minimum Gasteiger partial charge on any atom is -0.337 e. The van der Waals surface area contributed by atoms with E-state index in [9.17, 15) is 0 Å². The third-order valence-corrected chi connectivity index (χ3v) is 3.56. The highest BCUT2D eigenvalue weighted by Gasteiger charge is 1.94. The van der Waals surface area contributed by atoms with Crippen LogP contribution in [-0.4, -0.2) is 22.4 Å².